The molecule has 6 heteroatoms. The summed E-state index contributed by atoms with van der Waals surface area (Å²) in [5, 5.41) is 3.82. The molecule has 1 atom stereocenters. The average Bonchev–Trinajstić information content (AvgIpc) is 2.61. The number of H-pyrrole nitrogens is 1. The molecule has 26 heavy (non-hydrogen) atoms. The molecular formula is C20H24ClN3O2. The van der Waals surface area contributed by atoms with E-state index in [2.05, 4.69) is 15.3 Å². The van der Waals surface area contributed by atoms with Crippen LogP contribution in [0.25, 0.3) is 0 Å². The van der Waals surface area contributed by atoms with Gasteiger partial charge in [0.25, 0.3) is 5.56 Å². The second kappa shape index (κ2) is 8.49. The van der Waals surface area contributed by atoms with Crippen molar-refractivity contribution in [2.75, 3.05) is 0 Å². The average molecular weight is 374 g/mol. The molecule has 0 spiro atoms. The molecule has 0 saturated heterocycles. The van der Waals surface area contributed by atoms with Gasteiger partial charge in [-0.3, -0.25) is 9.59 Å². The van der Waals surface area contributed by atoms with E-state index in [1.165, 1.54) is 12.5 Å². The Bertz CT molecular complexity index is 811. The van der Waals surface area contributed by atoms with Gasteiger partial charge in [-0.1, -0.05) is 43.0 Å². The minimum Gasteiger partial charge on any atom is -0.349 e. The SMILES string of the molecule is Cc1nc(CC(NC(=O)C2CCCCC2)c2ccc(Cl)cc2)cc(=O)[nH]1. The largest absolute Gasteiger partial charge is 0.349 e. The van der Waals surface area contributed by atoms with Crippen molar-refractivity contribution in [3.63, 3.8) is 0 Å². The van der Waals surface area contributed by atoms with Crippen LogP contribution in [0.2, 0.25) is 5.02 Å². The van der Waals surface area contributed by atoms with Crippen molar-refractivity contribution in [1.82, 2.24) is 15.3 Å². The van der Waals surface area contributed by atoms with E-state index in [1.54, 1.807) is 6.92 Å². The molecule has 2 aromatic rings. The van der Waals surface area contributed by atoms with Crippen molar-refractivity contribution in [3.05, 3.63) is 62.8 Å². The molecule has 1 amide bonds. The van der Waals surface area contributed by atoms with Crippen LogP contribution in [0.15, 0.2) is 35.1 Å². The van der Waals surface area contributed by atoms with Gasteiger partial charge >= 0.3 is 0 Å². The Hall–Kier alpha value is -2.14. The van der Waals surface area contributed by atoms with Crippen LogP contribution < -0.4 is 10.9 Å². The summed E-state index contributed by atoms with van der Waals surface area (Å²) >= 11 is 6.00. The highest BCUT2D eigenvalue weighted by Gasteiger charge is 2.24. The van der Waals surface area contributed by atoms with Crippen LogP contribution in [0.5, 0.6) is 0 Å². The second-order valence-corrected chi connectivity index (χ2v) is 7.41. The first kappa shape index (κ1) is 18.6. The summed E-state index contributed by atoms with van der Waals surface area (Å²) in [5.74, 6) is 0.736. The maximum atomic E-state index is 12.7. The Balaban J connectivity index is 1.82. The highest BCUT2D eigenvalue weighted by Crippen LogP contribution is 2.26. The van der Waals surface area contributed by atoms with Crippen LogP contribution in [-0.2, 0) is 11.2 Å². The van der Waals surface area contributed by atoms with E-state index in [0.29, 0.717) is 23.0 Å². The third kappa shape index (κ3) is 4.94. The van der Waals surface area contributed by atoms with E-state index < -0.39 is 0 Å². The van der Waals surface area contributed by atoms with E-state index >= 15 is 0 Å². The fraction of sp³-hybridized carbons (Fsp3) is 0.450. The molecule has 1 unspecified atom stereocenters. The van der Waals surface area contributed by atoms with Gasteiger partial charge in [0, 0.05) is 23.4 Å². The lowest BCUT2D eigenvalue weighted by Gasteiger charge is -2.25. The second-order valence-electron chi connectivity index (χ2n) is 6.97. The molecule has 1 heterocycles. The van der Waals surface area contributed by atoms with E-state index in [9.17, 15) is 9.59 Å². The number of carbonyl (C=O) groups excluding carboxylic acids is 1. The van der Waals surface area contributed by atoms with Crippen LogP contribution in [0.3, 0.4) is 0 Å². The molecule has 2 N–H and O–H groups in total. The summed E-state index contributed by atoms with van der Waals surface area (Å²) in [6.45, 7) is 1.75. The van der Waals surface area contributed by atoms with E-state index in [4.69, 9.17) is 11.6 Å². The smallest absolute Gasteiger partial charge is 0.251 e. The molecular weight excluding hydrogens is 350 g/mol. The summed E-state index contributed by atoms with van der Waals surface area (Å²) in [4.78, 5) is 31.5. The Labute approximate surface area is 158 Å². The van der Waals surface area contributed by atoms with Crippen molar-refractivity contribution in [3.8, 4) is 0 Å². The summed E-state index contributed by atoms with van der Waals surface area (Å²) in [7, 11) is 0. The molecule has 1 fully saturated rings. The Morgan fingerprint density at radius 1 is 1.27 bits per heavy atom. The van der Waals surface area contributed by atoms with Crippen LogP contribution in [0.4, 0.5) is 0 Å². The predicted octanol–water partition coefficient (Wildman–Crippen LogP) is 3.71. The molecule has 0 radical (unpaired) electrons. The number of nitrogens with one attached hydrogen (secondary N) is 2. The molecule has 5 nitrogen and oxygen atoms in total. The highest BCUT2D eigenvalue weighted by atomic mass is 35.5. The van der Waals surface area contributed by atoms with Gasteiger partial charge in [0.2, 0.25) is 5.91 Å². The van der Waals surface area contributed by atoms with Crippen molar-refractivity contribution >= 4 is 17.5 Å². The number of halogens is 1. The standard InChI is InChI=1S/C20H24ClN3O2/c1-13-22-17(12-19(25)23-13)11-18(14-7-9-16(21)10-8-14)24-20(26)15-5-3-2-4-6-15/h7-10,12,15,18H,2-6,11H2,1H3,(H,24,26)(H,22,23,25). The molecule has 1 aliphatic rings. The van der Waals surface area contributed by atoms with Gasteiger partial charge in [-0.25, -0.2) is 4.98 Å². The summed E-state index contributed by atoms with van der Waals surface area (Å²) in [6, 6.07) is 8.70. The maximum absolute atomic E-state index is 12.7. The van der Waals surface area contributed by atoms with Gasteiger partial charge in [-0.15, -0.1) is 0 Å². The van der Waals surface area contributed by atoms with Gasteiger partial charge in [0.15, 0.2) is 0 Å². The minimum absolute atomic E-state index is 0.0763. The van der Waals surface area contributed by atoms with Crippen LogP contribution in [0.1, 0.15) is 55.2 Å². The molecule has 138 valence electrons. The number of carbonyl (C=O) groups is 1. The quantitative estimate of drug-likeness (QED) is 0.838. The van der Waals surface area contributed by atoms with Crippen molar-refractivity contribution in [2.45, 2.75) is 51.5 Å². The van der Waals surface area contributed by atoms with Gasteiger partial charge in [0.05, 0.1) is 11.7 Å². The first-order valence-corrected chi connectivity index (χ1v) is 9.52. The molecule has 3 rings (SSSR count). The monoisotopic (exact) mass is 373 g/mol. The number of amides is 1. The summed E-state index contributed by atoms with van der Waals surface area (Å²) in [5.41, 5.74) is 1.44. The number of hydrogen-bond acceptors (Lipinski definition) is 3. The number of aromatic nitrogens is 2. The molecule has 1 aromatic heterocycles. The third-order valence-corrected chi connectivity index (χ3v) is 5.14. The fourth-order valence-corrected chi connectivity index (χ4v) is 3.68. The first-order valence-electron chi connectivity index (χ1n) is 9.14. The number of aromatic amines is 1. The fourth-order valence-electron chi connectivity index (χ4n) is 3.56. The zero-order chi connectivity index (χ0) is 18.5. The highest BCUT2D eigenvalue weighted by molar-refractivity contribution is 6.30. The third-order valence-electron chi connectivity index (χ3n) is 4.89. The van der Waals surface area contributed by atoms with E-state index in [0.717, 1.165) is 31.2 Å². The van der Waals surface area contributed by atoms with Crippen molar-refractivity contribution in [1.29, 1.82) is 0 Å². The number of benzene rings is 1. The number of hydrogen-bond donors (Lipinski definition) is 2. The van der Waals surface area contributed by atoms with Gasteiger partial charge in [-0.05, 0) is 37.5 Å². The number of aryl methyl sites for hydroxylation is 1. The molecule has 1 aliphatic carbocycles. The topological polar surface area (TPSA) is 74.8 Å². The van der Waals surface area contributed by atoms with Crippen molar-refractivity contribution < 1.29 is 4.79 Å². The Morgan fingerprint density at radius 3 is 2.62 bits per heavy atom. The van der Waals surface area contributed by atoms with E-state index in [-0.39, 0.29) is 23.4 Å². The zero-order valence-electron chi connectivity index (χ0n) is 14.9. The lowest BCUT2D eigenvalue weighted by Crippen LogP contribution is -2.36. The normalized spacial score (nSPS) is 16.2. The van der Waals surface area contributed by atoms with Crippen molar-refractivity contribution in [2.24, 2.45) is 5.92 Å². The predicted molar refractivity (Wildman–Crippen MR) is 102 cm³/mol. The Morgan fingerprint density at radius 2 is 1.96 bits per heavy atom. The first-order chi connectivity index (χ1) is 12.5. The van der Waals surface area contributed by atoms with Gasteiger partial charge in [0.1, 0.15) is 5.82 Å². The maximum Gasteiger partial charge on any atom is 0.251 e. The van der Waals surface area contributed by atoms with Gasteiger partial charge < -0.3 is 10.3 Å². The summed E-state index contributed by atoms with van der Waals surface area (Å²) in [6.07, 6.45) is 5.78. The van der Waals surface area contributed by atoms with Gasteiger partial charge in [-0.2, -0.15) is 0 Å². The van der Waals surface area contributed by atoms with Crippen LogP contribution >= 0.6 is 11.6 Å². The zero-order valence-corrected chi connectivity index (χ0v) is 15.7. The molecule has 0 bridgehead atoms. The lowest BCUT2D eigenvalue weighted by molar-refractivity contribution is -0.126. The van der Waals surface area contributed by atoms with Crippen LogP contribution in [0, 0.1) is 12.8 Å². The van der Waals surface area contributed by atoms with E-state index in [1.807, 2.05) is 24.3 Å². The number of rotatable bonds is 5. The molecule has 1 saturated carbocycles. The van der Waals surface area contributed by atoms with Crippen LogP contribution in [-0.4, -0.2) is 15.9 Å². The summed E-state index contributed by atoms with van der Waals surface area (Å²) < 4.78 is 0. The Kier molecular flexibility index (Phi) is 6.09. The minimum atomic E-state index is -0.240. The molecule has 1 aromatic carbocycles. The molecule has 0 aliphatic heterocycles. The lowest BCUT2D eigenvalue weighted by atomic mass is 9.88. The number of nitrogens with zero attached hydrogens (tertiary/aromatic N) is 1.